The lowest BCUT2D eigenvalue weighted by atomic mass is 9.90. The van der Waals surface area contributed by atoms with E-state index in [1.54, 1.807) is 12.4 Å². The average Bonchev–Trinajstić information content (AvgIpc) is 2.54. The first kappa shape index (κ1) is 17.4. The molecule has 1 N–H and O–H groups in total. The van der Waals surface area contributed by atoms with Crippen LogP contribution in [-0.2, 0) is 9.59 Å². The molecule has 1 aliphatic heterocycles. The van der Waals surface area contributed by atoms with Gasteiger partial charge in [-0.2, -0.15) is 0 Å². The Morgan fingerprint density at radius 1 is 1.22 bits per heavy atom. The quantitative estimate of drug-likeness (QED) is 0.932. The van der Waals surface area contributed by atoms with Crippen LogP contribution < -0.4 is 5.32 Å². The second kappa shape index (κ2) is 7.11. The lowest BCUT2D eigenvalue weighted by molar-refractivity contribution is -0.142. The highest BCUT2D eigenvalue weighted by atomic mass is 16.2. The molecule has 1 aromatic heterocycles. The molecule has 23 heavy (non-hydrogen) atoms. The van der Waals surface area contributed by atoms with E-state index >= 15 is 0 Å². The number of piperidine rings is 1. The molecule has 0 bridgehead atoms. The molecule has 1 atom stereocenters. The van der Waals surface area contributed by atoms with Crippen molar-refractivity contribution in [2.24, 2.45) is 11.3 Å². The zero-order valence-corrected chi connectivity index (χ0v) is 14.5. The fourth-order valence-electron chi connectivity index (χ4n) is 2.89. The average molecular weight is 317 g/mol. The number of likely N-dealkylation sites (tertiary alicyclic amines) is 1. The van der Waals surface area contributed by atoms with E-state index in [1.165, 1.54) is 0 Å². The van der Waals surface area contributed by atoms with Crippen molar-refractivity contribution >= 4 is 11.8 Å². The zero-order chi connectivity index (χ0) is 17.0. The van der Waals surface area contributed by atoms with E-state index in [9.17, 15) is 9.59 Å². The van der Waals surface area contributed by atoms with Crippen LogP contribution in [0, 0.1) is 11.3 Å². The van der Waals surface area contributed by atoms with Gasteiger partial charge < -0.3 is 10.2 Å². The molecule has 2 heterocycles. The first-order valence-corrected chi connectivity index (χ1v) is 8.28. The van der Waals surface area contributed by atoms with Crippen LogP contribution in [0.15, 0.2) is 24.5 Å². The van der Waals surface area contributed by atoms with Crippen LogP contribution >= 0.6 is 0 Å². The Bertz CT molecular complexity index is 543. The first-order chi connectivity index (χ1) is 10.8. The van der Waals surface area contributed by atoms with Crippen molar-refractivity contribution in [2.75, 3.05) is 13.1 Å². The Kier molecular flexibility index (Phi) is 5.39. The lowest BCUT2D eigenvalue weighted by Crippen LogP contribution is -2.46. The van der Waals surface area contributed by atoms with Crippen LogP contribution in [0.1, 0.15) is 52.1 Å². The third kappa shape index (κ3) is 4.53. The molecule has 2 rings (SSSR count). The van der Waals surface area contributed by atoms with E-state index in [1.807, 2.05) is 44.7 Å². The summed E-state index contributed by atoms with van der Waals surface area (Å²) < 4.78 is 0. The summed E-state index contributed by atoms with van der Waals surface area (Å²) in [6, 6.07) is 3.80. The molecule has 0 unspecified atom stereocenters. The number of nitrogens with one attached hydrogen (secondary N) is 1. The van der Waals surface area contributed by atoms with Gasteiger partial charge in [-0.15, -0.1) is 0 Å². The van der Waals surface area contributed by atoms with Gasteiger partial charge in [-0.1, -0.05) is 20.8 Å². The van der Waals surface area contributed by atoms with Gasteiger partial charge in [-0.3, -0.25) is 14.6 Å². The molecule has 1 saturated heterocycles. The van der Waals surface area contributed by atoms with Gasteiger partial charge >= 0.3 is 0 Å². The number of hydrogen-bond acceptors (Lipinski definition) is 3. The Hall–Kier alpha value is -1.91. The second-order valence-electron chi connectivity index (χ2n) is 7.33. The molecular weight excluding hydrogens is 290 g/mol. The predicted octanol–water partition coefficient (Wildman–Crippen LogP) is 2.54. The minimum atomic E-state index is -0.356. The van der Waals surface area contributed by atoms with E-state index in [4.69, 9.17) is 0 Å². The fraction of sp³-hybridized carbons (Fsp3) is 0.611. The van der Waals surface area contributed by atoms with Gasteiger partial charge in [0.25, 0.3) is 0 Å². The van der Waals surface area contributed by atoms with Gasteiger partial charge in [0.05, 0.1) is 6.04 Å². The summed E-state index contributed by atoms with van der Waals surface area (Å²) >= 11 is 0. The summed E-state index contributed by atoms with van der Waals surface area (Å²) in [6.07, 6.45) is 4.93. The topological polar surface area (TPSA) is 62.3 Å². The molecular formula is C18H27N3O2. The summed E-state index contributed by atoms with van der Waals surface area (Å²) in [5.74, 6) is 0.238. The maximum absolute atomic E-state index is 12.4. The Morgan fingerprint density at radius 3 is 2.30 bits per heavy atom. The number of rotatable bonds is 3. The van der Waals surface area contributed by atoms with Crippen molar-refractivity contribution in [3.8, 4) is 0 Å². The van der Waals surface area contributed by atoms with Crippen molar-refractivity contribution in [1.29, 1.82) is 0 Å². The Morgan fingerprint density at radius 2 is 1.78 bits per heavy atom. The van der Waals surface area contributed by atoms with Gasteiger partial charge in [0.1, 0.15) is 0 Å². The van der Waals surface area contributed by atoms with Gasteiger partial charge in [0.15, 0.2) is 0 Å². The van der Waals surface area contributed by atoms with E-state index in [-0.39, 0.29) is 29.2 Å². The highest BCUT2D eigenvalue weighted by molar-refractivity contribution is 5.82. The maximum atomic E-state index is 12.4. The van der Waals surface area contributed by atoms with Crippen molar-refractivity contribution < 1.29 is 9.59 Å². The highest BCUT2D eigenvalue weighted by Crippen LogP contribution is 2.24. The predicted molar refractivity (Wildman–Crippen MR) is 89.6 cm³/mol. The first-order valence-electron chi connectivity index (χ1n) is 8.28. The molecule has 0 saturated carbocycles. The van der Waals surface area contributed by atoms with Crippen molar-refractivity contribution in [2.45, 2.75) is 46.6 Å². The van der Waals surface area contributed by atoms with Crippen molar-refractivity contribution in [1.82, 2.24) is 15.2 Å². The summed E-state index contributed by atoms with van der Waals surface area (Å²) in [4.78, 5) is 30.6. The molecule has 5 nitrogen and oxygen atoms in total. The number of carbonyl (C=O) groups excluding carboxylic acids is 2. The Labute approximate surface area is 138 Å². The van der Waals surface area contributed by atoms with E-state index < -0.39 is 0 Å². The number of carbonyl (C=O) groups is 2. The molecule has 0 aliphatic carbocycles. The third-order valence-electron chi connectivity index (χ3n) is 4.36. The van der Waals surface area contributed by atoms with Gasteiger partial charge in [0.2, 0.25) is 11.8 Å². The van der Waals surface area contributed by atoms with E-state index in [0.717, 1.165) is 18.4 Å². The largest absolute Gasteiger partial charge is 0.349 e. The number of amides is 2. The van der Waals surface area contributed by atoms with Crippen molar-refractivity contribution in [3.63, 3.8) is 0 Å². The standard InChI is InChI=1S/C18H27N3O2/c1-13(14-5-9-19-10-6-14)20-16(22)15-7-11-21(12-8-15)17(23)18(2,3)4/h5-6,9-10,13,15H,7-8,11-12H2,1-4H3,(H,20,22)/t13-/m1/s1. The monoisotopic (exact) mass is 317 g/mol. The van der Waals surface area contributed by atoms with Crippen molar-refractivity contribution in [3.05, 3.63) is 30.1 Å². The van der Waals surface area contributed by atoms with Crippen LogP contribution in [0.3, 0.4) is 0 Å². The van der Waals surface area contributed by atoms with Crippen LogP contribution in [0.25, 0.3) is 0 Å². The molecule has 0 radical (unpaired) electrons. The molecule has 126 valence electrons. The molecule has 2 amide bonds. The maximum Gasteiger partial charge on any atom is 0.227 e. The SMILES string of the molecule is C[C@@H](NC(=O)C1CCN(C(=O)C(C)(C)C)CC1)c1ccncc1. The van der Waals surface area contributed by atoms with Gasteiger partial charge in [0, 0.05) is 36.8 Å². The minimum absolute atomic E-state index is 0.0108. The number of aromatic nitrogens is 1. The normalized spacial score (nSPS) is 17.7. The summed E-state index contributed by atoms with van der Waals surface area (Å²) in [7, 11) is 0. The zero-order valence-electron chi connectivity index (χ0n) is 14.5. The van der Waals surface area contributed by atoms with Crippen LogP contribution in [0.5, 0.6) is 0 Å². The fourth-order valence-corrected chi connectivity index (χ4v) is 2.89. The molecule has 1 fully saturated rings. The summed E-state index contributed by atoms with van der Waals surface area (Å²) in [5.41, 5.74) is 0.694. The highest BCUT2D eigenvalue weighted by Gasteiger charge is 2.32. The number of hydrogen-bond donors (Lipinski definition) is 1. The van der Waals surface area contributed by atoms with E-state index in [2.05, 4.69) is 10.3 Å². The van der Waals surface area contributed by atoms with Crippen LogP contribution in [0.2, 0.25) is 0 Å². The minimum Gasteiger partial charge on any atom is -0.349 e. The molecule has 1 aromatic rings. The summed E-state index contributed by atoms with van der Waals surface area (Å²) in [6.45, 7) is 9.11. The second-order valence-corrected chi connectivity index (χ2v) is 7.33. The lowest BCUT2D eigenvalue weighted by Gasteiger charge is -2.35. The van der Waals surface area contributed by atoms with Gasteiger partial charge in [-0.05, 0) is 37.5 Å². The number of pyridine rings is 1. The van der Waals surface area contributed by atoms with Crippen LogP contribution in [-0.4, -0.2) is 34.8 Å². The Balaban J connectivity index is 1.85. The van der Waals surface area contributed by atoms with Gasteiger partial charge in [-0.25, -0.2) is 0 Å². The molecule has 5 heteroatoms. The smallest absolute Gasteiger partial charge is 0.227 e. The molecule has 1 aliphatic rings. The summed E-state index contributed by atoms with van der Waals surface area (Å²) in [5, 5.41) is 3.07. The molecule has 0 spiro atoms. The number of nitrogens with zero attached hydrogens (tertiary/aromatic N) is 2. The van der Waals surface area contributed by atoms with Crippen LogP contribution in [0.4, 0.5) is 0 Å². The van der Waals surface area contributed by atoms with E-state index in [0.29, 0.717) is 13.1 Å². The third-order valence-corrected chi connectivity index (χ3v) is 4.36. The molecule has 0 aromatic carbocycles.